The molecule has 0 saturated heterocycles. The maximum atomic E-state index is 12.2. The lowest BCUT2D eigenvalue weighted by atomic mass is 10.1. The zero-order valence-electron chi connectivity index (χ0n) is 16.9. The first-order valence-corrected chi connectivity index (χ1v) is 10.0. The molecule has 2 N–H and O–H groups in total. The molecule has 154 valence electrons. The van der Waals surface area contributed by atoms with Gasteiger partial charge in [-0.25, -0.2) is 0 Å². The Bertz CT molecular complexity index is 832. The van der Waals surface area contributed by atoms with E-state index in [1.807, 2.05) is 31.2 Å². The molecule has 6 heteroatoms. The molecule has 6 nitrogen and oxygen atoms in total. The van der Waals surface area contributed by atoms with Crippen LogP contribution in [0.2, 0.25) is 0 Å². The van der Waals surface area contributed by atoms with Crippen molar-refractivity contribution in [2.75, 3.05) is 13.7 Å². The SMILES string of the molecule is COc1cc(C(C)NC(=O)CNC(=O)c2ccccc2)ccc1OC1CCCC1. The summed E-state index contributed by atoms with van der Waals surface area (Å²) in [5.41, 5.74) is 1.43. The molecule has 0 spiro atoms. The van der Waals surface area contributed by atoms with Crippen LogP contribution in [0.1, 0.15) is 54.6 Å². The number of amides is 2. The predicted molar refractivity (Wildman–Crippen MR) is 111 cm³/mol. The molecule has 2 aromatic rings. The number of ether oxygens (including phenoxy) is 2. The molecular formula is C23H28N2O4. The summed E-state index contributed by atoms with van der Waals surface area (Å²) in [5, 5.41) is 5.53. The van der Waals surface area contributed by atoms with Crippen molar-refractivity contribution in [2.24, 2.45) is 0 Å². The largest absolute Gasteiger partial charge is 0.493 e. The van der Waals surface area contributed by atoms with Gasteiger partial charge >= 0.3 is 0 Å². The lowest BCUT2D eigenvalue weighted by molar-refractivity contribution is -0.120. The second kappa shape index (κ2) is 9.96. The highest BCUT2D eigenvalue weighted by molar-refractivity contribution is 5.96. The van der Waals surface area contributed by atoms with E-state index in [0.29, 0.717) is 11.3 Å². The quantitative estimate of drug-likeness (QED) is 0.714. The van der Waals surface area contributed by atoms with Gasteiger partial charge in [-0.15, -0.1) is 0 Å². The third-order valence-electron chi connectivity index (χ3n) is 5.11. The van der Waals surface area contributed by atoms with Crippen LogP contribution in [0.4, 0.5) is 0 Å². The first-order valence-electron chi connectivity index (χ1n) is 10.0. The molecule has 0 heterocycles. The molecule has 0 radical (unpaired) electrons. The smallest absolute Gasteiger partial charge is 0.251 e. The molecule has 0 bridgehead atoms. The average Bonchev–Trinajstić information content (AvgIpc) is 3.26. The first kappa shape index (κ1) is 20.7. The van der Waals surface area contributed by atoms with E-state index in [1.165, 1.54) is 12.8 Å². The Kier molecular flexibility index (Phi) is 7.11. The molecule has 2 aromatic carbocycles. The van der Waals surface area contributed by atoms with Crippen molar-refractivity contribution in [2.45, 2.75) is 44.8 Å². The van der Waals surface area contributed by atoms with E-state index in [1.54, 1.807) is 31.4 Å². The van der Waals surface area contributed by atoms with Gasteiger partial charge in [-0.2, -0.15) is 0 Å². The van der Waals surface area contributed by atoms with E-state index in [0.717, 1.165) is 24.2 Å². The minimum Gasteiger partial charge on any atom is -0.493 e. The van der Waals surface area contributed by atoms with E-state index in [2.05, 4.69) is 10.6 Å². The normalized spacial score (nSPS) is 14.8. The Morgan fingerprint density at radius 1 is 1.07 bits per heavy atom. The van der Waals surface area contributed by atoms with E-state index < -0.39 is 0 Å². The standard InChI is InChI=1S/C23H28N2O4/c1-16(25-22(26)15-24-23(27)17-8-4-3-5-9-17)18-12-13-20(21(14-18)28-2)29-19-10-6-7-11-19/h3-5,8-9,12-14,16,19H,6-7,10-11,15H2,1-2H3,(H,24,27)(H,25,26). The number of methoxy groups -OCH3 is 1. The molecule has 2 amide bonds. The van der Waals surface area contributed by atoms with Gasteiger partial charge in [0, 0.05) is 5.56 Å². The maximum absolute atomic E-state index is 12.2. The Morgan fingerprint density at radius 3 is 2.48 bits per heavy atom. The van der Waals surface area contributed by atoms with Crippen LogP contribution >= 0.6 is 0 Å². The number of nitrogens with one attached hydrogen (secondary N) is 2. The number of hydrogen-bond donors (Lipinski definition) is 2. The molecule has 1 fully saturated rings. The molecule has 1 aliphatic carbocycles. The average molecular weight is 396 g/mol. The fourth-order valence-electron chi connectivity index (χ4n) is 3.46. The Balaban J connectivity index is 1.54. The fraction of sp³-hybridized carbons (Fsp3) is 0.391. The van der Waals surface area contributed by atoms with Crippen LogP contribution in [0.5, 0.6) is 11.5 Å². The minimum atomic E-state index is -0.275. The molecule has 1 unspecified atom stereocenters. The summed E-state index contributed by atoms with van der Waals surface area (Å²) < 4.78 is 11.5. The van der Waals surface area contributed by atoms with E-state index in [4.69, 9.17) is 9.47 Å². The van der Waals surface area contributed by atoms with Gasteiger partial charge < -0.3 is 20.1 Å². The van der Waals surface area contributed by atoms with Gasteiger partial charge in [0.05, 0.1) is 25.8 Å². The molecule has 29 heavy (non-hydrogen) atoms. The molecular weight excluding hydrogens is 368 g/mol. The van der Waals surface area contributed by atoms with E-state index in [9.17, 15) is 9.59 Å². The Hall–Kier alpha value is -3.02. The van der Waals surface area contributed by atoms with Crippen LogP contribution < -0.4 is 20.1 Å². The number of carbonyl (C=O) groups excluding carboxylic acids is 2. The van der Waals surface area contributed by atoms with Gasteiger partial charge in [-0.05, 0) is 62.4 Å². The topological polar surface area (TPSA) is 76.7 Å². The van der Waals surface area contributed by atoms with Crippen molar-refractivity contribution in [3.8, 4) is 11.5 Å². The summed E-state index contributed by atoms with van der Waals surface area (Å²) in [7, 11) is 1.61. The second-order valence-corrected chi connectivity index (χ2v) is 7.27. The number of rotatable bonds is 8. The van der Waals surface area contributed by atoms with Crippen LogP contribution in [0.15, 0.2) is 48.5 Å². The van der Waals surface area contributed by atoms with Crippen LogP contribution in [-0.4, -0.2) is 31.6 Å². The number of carbonyl (C=O) groups is 2. The van der Waals surface area contributed by atoms with Gasteiger partial charge in [0.1, 0.15) is 0 Å². The molecule has 1 aliphatic rings. The second-order valence-electron chi connectivity index (χ2n) is 7.27. The van der Waals surface area contributed by atoms with Crippen LogP contribution in [0.3, 0.4) is 0 Å². The van der Waals surface area contributed by atoms with Crippen molar-refractivity contribution < 1.29 is 19.1 Å². The predicted octanol–water partition coefficient (Wildman–Crippen LogP) is 3.62. The maximum Gasteiger partial charge on any atom is 0.251 e. The zero-order valence-corrected chi connectivity index (χ0v) is 16.9. The number of hydrogen-bond acceptors (Lipinski definition) is 4. The fourth-order valence-corrected chi connectivity index (χ4v) is 3.46. The van der Waals surface area contributed by atoms with Gasteiger partial charge in [0.2, 0.25) is 5.91 Å². The van der Waals surface area contributed by atoms with Crippen LogP contribution in [0, 0.1) is 0 Å². The third kappa shape index (κ3) is 5.73. The Labute approximate surface area is 171 Å². The van der Waals surface area contributed by atoms with Crippen LogP contribution in [-0.2, 0) is 4.79 Å². The molecule has 0 aliphatic heterocycles. The highest BCUT2D eigenvalue weighted by atomic mass is 16.5. The molecule has 3 rings (SSSR count). The van der Waals surface area contributed by atoms with E-state index in [-0.39, 0.29) is 30.5 Å². The van der Waals surface area contributed by atoms with Crippen molar-refractivity contribution in [3.63, 3.8) is 0 Å². The lowest BCUT2D eigenvalue weighted by Gasteiger charge is -2.19. The van der Waals surface area contributed by atoms with Gasteiger partial charge in [0.25, 0.3) is 5.91 Å². The monoisotopic (exact) mass is 396 g/mol. The van der Waals surface area contributed by atoms with E-state index >= 15 is 0 Å². The summed E-state index contributed by atoms with van der Waals surface area (Å²) in [6.45, 7) is 1.81. The molecule has 0 aromatic heterocycles. The third-order valence-corrected chi connectivity index (χ3v) is 5.11. The summed E-state index contributed by atoms with van der Waals surface area (Å²) in [6.07, 6.45) is 4.81. The summed E-state index contributed by atoms with van der Waals surface area (Å²) in [6, 6.07) is 14.3. The summed E-state index contributed by atoms with van der Waals surface area (Å²) in [5.74, 6) is 0.861. The van der Waals surface area contributed by atoms with Gasteiger partial charge in [-0.3, -0.25) is 9.59 Å². The van der Waals surface area contributed by atoms with Crippen molar-refractivity contribution in [1.29, 1.82) is 0 Å². The highest BCUT2D eigenvalue weighted by Gasteiger charge is 2.19. The Morgan fingerprint density at radius 2 is 1.79 bits per heavy atom. The minimum absolute atomic E-state index is 0.0852. The lowest BCUT2D eigenvalue weighted by Crippen LogP contribution is -2.38. The molecule has 1 atom stereocenters. The van der Waals surface area contributed by atoms with Gasteiger partial charge in [-0.1, -0.05) is 24.3 Å². The van der Waals surface area contributed by atoms with Gasteiger partial charge in [0.15, 0.2) is 11.5 Å². The van der Waals surface area contributed by atoms with Crippen molar-refractivity contribution in [3.05, 3.63) is 59.7 Å². The zero-order chi connectivity index (χ0) is 20.6. The summed E-state index contributed by atoms with van der Waals surface area (Å²) >= 11 is 0. The van der Waals surface area contributed by atoms with Crippen molar-refractivity contribution in [1.82, 2.24) is 10.6 Å². The van der Waals surface area contributed by atoms with Crippen LogP contribution in [0.25, 0.3) is 0 Å². The summed E-state index contributed by atoms with van der Waals surface area (Å²) in [4.78, 5) is 24.3. The molecule has 1 saturated carbocycles. The van der Waals surface area contributed by atoms with Crippen molar-refractivity contribution >= 4 is 11.8 Å². The number of benzene rings is 2. The highest BCUT2D eigenvalue weighted by Crippen LogP contribution is 2.33. The first-order chi connectivity index (χ1) is 14.1.